The molecule has 0 aliphatic carbocycles. The van der Waals surface area contributed by atoms with E-state index in [-0.39, 0.29) is 28.5 Å². The summed E-state index contributed by atoms with van der Waals surface area (Å²) in [4.78, 5) is 23.6. The van der Waals surface area contributed by atoms with Crippen molar-refractivity contribution in [1.82, 2.24) is 5.32 Å². The Morgan fingerprint density at radius 3 is 2.45 bits per heavy atom. The van der Waals surface area contributed by atoms with Crippen LogP contribution in [0.1, 0.15) is 38.3 Å². The van der Waals surface area contributed by atoms with Gasteiger partial charge in [-0.1, -0.05) is 48.8 Å². The number of carbonyl (C=O) groups excluding carboxylic acids is 2. The van der Waals surface area contributed by atoms with Crippen LogP contribution in [0.4, 0.5) is 5.69 Å². The Morgan fingerprint density at radius 1 is 1.23 bits per heavy atom. The second kappa shape index (κ2) is 7.77. The quantitative estimate of drug-likeness (QED) is 0.780. The van der Waals surface area contributed by atoms with Crippen LogP contribution in [0.25, 0.3) is 0 Å². The number of hydrogen-bond acceptors (Lipinski definition) is 2. The summed E-state index contributed by atoms with van der Waals surface area (Å²) >= 11 is 3.39. The van der Waals surface area contributed by atoms with Crippen molar-refractivity contribution < 1.29 is 9.59 Å². The van der Waals surface area contributed by atoms with Crippen LogP contribution in [0.5, 0.6) is 0 Å². The molecule has 122 valence electrons. The first-order valence-electron chi connectivity index (χ1n) is 7.40. The summed E-state index contributed by atoms with van der Waals surface area (Å²) in [7, 11) is 0. The van der Waals surface area contributed by atoms with E-state index in [4.69, 9.17) is 0 Å². The highest BCUT2D eigenvalue weighted by atomic mass is 79.9. The van der Waals surface area contributed by atoms with Crippen molar-refractivity contribution in [2.24, 2.45) is 5.41 Å². The van der Waals surface area contributed by atoms with E-state index in [1.54, 1.807) is 0 Å². The van der Waals surface area contributed by atoms with Crippen molar-refractivity contribution in [3.63, 3.8) is 0 Å². The zero-order chi connectivity index (χ0) is 16.9. The molecule has 0 unspecified atom stereocenters. The van der Waals surface area contributed by atoms with E-state index in [0.29, 0.717) is 6.54 Å². The van der Waals surface area contributed by atoms with Crippen LogP contribution in [-0.4, -0.2) is 23.2 Å². The maximum Gasteiger partial charge on any atom is 0.234 e. The molecule has 0 radical (unpaired) electrons. The average molecular weight is 369 g/mol. The van der Waals surface area contributed by atoms with Crippen molar-refractivity contribution in [3.05, 3.63) is 29.3 Å². The normalized spacial score (nSPS) is 12.6. The van der Waals surface area contributed by atoms with Gasteiger partial charge in [-0.15, -0.1) is 0 Å². The van der Waals surface area contributed by atoms with Crippen molar-refractivity contribution in [3.8, 4) is 0 Å². The van der Waals surface area contributed by atoms with Crippen LogP contribution in [0.3, 0.4) is 0 Å². The molecule has 4 nitrogen and oxygen atoms in total. The summed E-state index contributed by atoms with van der Waals surface area (Å²) in [6.45, 7) is 10.2. The molecule has 0 saturated carbocycles. The van der Waals surface area contributed by atoms with E-state index in [1.807, 2.05) is 52.8 Å². The first kappa shape index (κ1) is 18.7. The number of anilines is 1. The molecule has 5 heteroatoms. The van der Waals surface area contributed by atoms with E-state index in [0.717, 1.165) is 16.8 Å². The molecule has 0 heterocycles. The lowest BCUT2D eigenvalue weighted by molar-refractivity contribution is -0.122. The van der Waals surface area contributed by atoms with Crippen LogP contribution in [0.15, 0.2) is 18.2 Å². The van der Waals surface area contributed by atoms with Gasteiger partial charge in [0.2, 0.25) is 11.8 Å². The smallest absolute Gasteiger partial charge is 0.234 e. The van der Waals surface area contributed by atoms with E-state index in [2.05, 4.69) is 26.6 Å². The molecule has 0 bridgehead atoms. The summed E-state index contributed by atoms with van der Waals surface area (Å²) in [6.07, 6.45) is 0.253. The number of aryl methyl sites for hydroxylation is 2. The Balaban J connectivity index is 2.44. The number of amides is 2. The van der Waals surface area contributed by atoms with E-state index in [1.165, 1.54) is 0 Å². The molecule has 1 aromatic rings. The summed E-state index contributed by atoms with van der Waals surface area (Å²) in [5, 5.41) is 5.67. The Morgan fingerprint density at radius 2 is 1.86 bits per heavy atom. The summed E-state index contributed by atoms with van der Waals surface area (Å²) in [5.74, 6) is -0.192. The fourth-order valence-electron chi connectivity index (χ4n) is 1.87. The van der Waals surface area contributed by atoms with Gasteiger partial charge in [-0.2, -0.15) is 0 Å². The Bertz CT molecular complexity index is 550. The molecule has 1 aromatic carbocycles. The van der Waals surface area contributed by atoms with E-state index in [9.17, 15) is 9.59 Å². The van der Waals surface area contributed by atoms with Gasteiger partial charge < -0.3 is 10.6 Å². The molecule has 0 aliphatic heterocycles. The number of rotatable bonds is 5. The Hall–Kier alpha value is -1.36. The van der Waals surface area contributed by atoms with Gasteiger partial charge in [-0.05, 0) is 36.5 Å². The summed E-state index contributed by atoms with van der Waals surface area (Å²) < 4.78 is 0. The van der Waals surface area contributed by atoms with Gasteiger partial charge in [0.05, 0.1) is 4.83 Å². The minimum atomic E-state index is -0.276. The summed E-state index contributed by atoms with van der Waals surface area (Å²) in [6, 6.07) is 5.93. The second-order valence-electron chi connectivity index (χ2n) is 6.64. The number of halogens is 1. The second-order valence-corrected chi connectivity index (χ2v) is 7.55. The average Bonchev–Trinajstić information content (AvgIpc) is 2.40. The predicted molar refractivity (Wildman–Crippen MR) is 94.3 cm³/mol. The van der Waals surface area contributed by atoms with E-state index < -0.39 is 0 Å². The van der Waals surface area contributed by atoms with E-state index >= 15 is 0 Å². The number of nitrogens with one attached hydrogen (secondary N) is 2. The minimum absolute atomic E-state index is 0.0907. The van der Waals surface area contributed by atoms with Crippen LogP contribution in [0.2, 0.25) is 0 Å². The number of benzene rings is 1. The highest BCUT2D eigenvalue weighted by molar-refractivity contribution is 9.10. The highest BCUT2D eigenvalue weighted by Gasteiger charge is 2.28. The maximum absolute atomic E-state index is 12.0. The van der Waals surface area contributed by atoms with Crippen LogP contribution < -0.4 is 10.6 Å². The third-order valence-corrected chi connectivity index (χ3v) is 5.10. The fourth-order valence-corrected chi connectivity index (χ4v) is 2.03. The Labute approximate surface area is 141 Å². The third kappa shape index (κ3) is 5.79. The monoisotopic (exact) mass is 368 g/mol. The fraction of sp³-hybridized carbons (Fsp3) is 0.529. The molecule has 22 heavy (non-hydrogen) atoms. The van der Waals surface area contributed by atoms with Crippen molar-refractivity contribution in [2.75, 3.05) is 11.9 Å². The lowest BCUT2D eigenvalue weighted by Crippen LogP contribution is -2.39. The standard InChI is InChI=1S/C17H25BrN2O2/c1-11-6-7-12(2)13(10-11)20-14(21)8-9-19-16(22)15(18)17(3,4)5/h6-7,10,15H,8-9H2,1-5H3,(H,19,22)(H,20,21)/t15-/m1/s1. The molecule has 2 amide bonds. The maximum atomic E-state index is 12.0. The van der Waals surface area contributed by atoms with Crippen LogP contribution in [-0.2, 0) is 9.59 Å². The molecule has 1 rings (SSSR count). The minimum Gasteiger partial charge on any atom is -0.355 e. The zero-order valence-electron chi connectivity index (χ0n) is 13.9. The highest BCUT2D eigenvalue weighted by Crippen LogP contribution is 2.25. The first-order chi connectivity index (χ1) is 10.1. The van der Waals surface area contributed by atoms with Gasteiger partial charge in [0.25, 0.3) is 0 Å². The lowest BCUT2D eigenvalue weighted by Gasteiger charge is -2.24. The number of hydrogen-bond donors (Lipinski definition) is 2. The molecule has 1 atom stereocenters. The van der Waals surface area contributed by atoms with Crippen molar-refractivity contribution >= 4 is 33.4 Å². The van der Waals surface area contributed by atoms with Gasteiger partial charge in [-0.25, -0.2) is 0 Å². The van der Waals surface area contributed by atoms with Gasteiger partial charge in [0.15, 0.2) is 0 Å². The molecule has 0 aromatic heterocycles. The topological polar surface area (TPSA) is 58.2 Å². The Kier molecular flexibility index (Phi) is 6.60. The largest absolute Gasteiger partial charge is 0.355 e. The molecular formula is C17H25BrN2O2. The van der Waals surface area contributed by atoms with Crippen molar-refractivity contribution in [1.29, 1.82) is 0 Å². The number of carbonyl (C=O) groups is 2. The molecule has 0 saturated heterocycles. The predicted octanol–water partition coefficient (Wildman–Crippen LogP) is 3.56. The molecular weight excluding hydrogens is 344 g/mol. The molecule has 2 N–H and O–H groups in total. The first-order valence-corrected chi connectivity index (χ1v) is 8.31. The van der Waals surface area contributed by atoms with Gasteiger partial charge in [-0.3, -0.25) is 9.59 Å². The lowest BCUT2D eigenvalue weighted by atomic mass is 9.92. The van der Waals surface area contributed by atoms with Gasteiger partial charge in [0, 0.05) is 18.7 Å². The summed E-state index contributed by atoms with van der Waals surface area (Å²) in [5.41, 5.74) is 2.78. The SMILES string of the molecule is Cc1ccc(C)c(NC(=O)CCNC(=O)[C@@H](Br)C(C)(C)C)c1. The van der Waals surface area contributed by atoms with Crippen molar-refractivity contribution in [2.45, 2.75) is 45.9 Å². The number of alkyl halides is 1. The molecule has 0 aliphatic rings. The van der Waals surface area contributed by atoms with Crippen LogP contribution >= 0.6 is 15.9 Å². The molecule has 0 fully saturated rings. The molecule has 0 spiro atoms. The van der Waals surface area contributed by atoms with Crippen LogP contribution in [0, 0.1) is 19.3 Å². The third-order valence-electron chi connectivity index (χ3n) is 3.31. The zero-order valence-corrected chi connectivity index (χ0v) is 15.5. The van der Waals surface area contributed by atoms with Gasteiger partial charge in [0.1, 0.15) is 0 Å². The van der Waals surface area contributed by atoms with Gasteiger partial charge >= 0.3 is 0 Å².